The average Bonchev–Trinajstić information content (AvgIpc) is 2.67. The van der Waals surface area contributed by atoms with Crippen molar-refractivity contribution in [2.24, 2.45) is 5.92 Å². The van der Waals surface area contributed by atoms with Crippen LogP contribution in [0.5, 0.6) is 23.0 Å². The van der Waals surface area contributed by atoms with Gasteiger partial charge in [-0.3, -0.25) is 0 Å². The van der Waals surface area contributed by atoms with E-state index in [1.165, 1.54) is 5.56 Å². The van der Waals surface area contributed by atoms with Crippen molar-refractivity contribution in [2.75, 3.05) is 34.5 Å². The van der Waals surface area contributed by atoms with Gasteiger partial charge in [-0.05, 0) is 35.7 Å². The minimum absolute atomic E-state index is 0.469. The van der Waals surface area contributed by atoms with Crippen molar-refractivity contribution < 1.29 is 18.9 Å². The molecule has 1 atom stereocenters. The second-order valence-electron chi connectivity index (χ2n) is 6.15. The van der Waals surface area contributed by atoms with Crippen LogP contribution < -0.4 is 24.3 Å². The summed E-state index contributed by atoms with van der Waals surface area (Å²) < 4.78 is 22.0. The van der Waals surface area contributed by atoms with E-state index < -0.39 is 0 Å². The maximum absolute atomic E-state index is 5.85. The third-order valence-corrected chi connectivity index (χ3v) is 4.44. The van der Waals surface area contributed by atoms with Gasteiger partial charge in [0.1, 0.15) is 5.75 Å². The molecule has 0 amide bonds. The molecule has 25 heavy (non-hydrogen) atoms. The van der Waals surface area contributed by atoms with Gasteiger partial charge < -0.3 is 24.3 Å². The zero-order valence-corrected chi connectivity index (χ0v) is 15.0. The molecular weight excluding hydrogens is 318 g/mol. The van der Waals surface area contributed by atoms with Crippen molar-refractivity contribution in [3.8, 4) is 23.0 Å². The molecule has 0 aliphatic carbocycles. The van der Waals surface area contributed by atoms with E-state index in [4.69, 9.17) is 18.9 Å². The number of rotatable bonds is 7. The van der Waals surface area contributed by atoms with E-state index in [1.54, 1.807) is 21.3 Å². The van der Waals surface area contributed by atoms with E-state index in [0.717, 1.165) is 37.4 Å². The van der Waals surface area contributed by atoms with E-state index in [9.17, 15) is 0 Å². The highest BCUT2D eigenvalue weighted by Crippen LogP contribution is 2.38. The van der Waals surface area contributed by atoms with Crippen molar-refractivity contribution in [2.45, 2.75) is 13.0 Å². The molecule has 1 aliphatic rings. The molecule has 1 heterocycles. The summed E-state index contributed by atoms with van der Waals surface area (Å²) in [6.07, 6.45) is 1.04. The highest BCUT2D eigenvalue weighted by Gasteiger charge is 2.19. The van der Waals surface area contributed by atoms with Gasteiger partial charge in [-0.15, -0.1) is 0 Å². The maximum Gasteiger partial charge on any atom is 0.203 e. The molecule has 0 aromatic heterocycles. The summed E-state index contributed by atoms with van der Waals surface area (Å²) in [6, 6.07) is 12.2. The van der Waals surface area contributed by atoms with Crippen LogP contribution in [0.2, 0.25) is 0 Å². The third kappa shape index (κ3) is 3.99. The van der Waals surface area contributed by atoms with E-state index in [2.05, 4.69) is 17.4 Å². The molecule has 1 N–H and O–H groups in total. The van der Waals surface area contributed by atoms with Crippen LogP contribution in [0.4, 0.5) is 0 Å². The SMILES string of the molecule is COc1cc(CNCC2COc3ccccc3C2)cc(OC)c1OC. The van der Waals surface area contributed by atoms with Crippen molar-refractivity contribution in [1.29, 1.82) is 0 Å². The zero-order chi connectivity index (χ0) is 17.6. The minimum Gasteiger partial charge on any atom is -0.493 e. The summed E-state index contributed by atoms with van der Waals surface area (Å²) >= 11 is 0. The fourth-order valence-electron chi connectivity index (χ4n) is 3.18. The largest absolute Gasteiger partial charge is 0.493 e. The number of hydrogen-bond donors (Lipinski definition) is 1. The monoisotopic (exact) mass is 343 g/mol. The molecule has 1 aliphatic heterocycles. The van der Waals surface area contributed by atoms with Gasteiger partial charge in [0.05, 0.1) is 27.9 Å². The normalized spacial score (nSPS) is 15.9. The molecule has 0 fully saturated rings. The Kier molecular flexibility index (Phi) is 5.66. The predicted octanol–water partition coefficient (Wildman–Crippen LogP) is 3.05. The van der Waals surface area contributed by atoms with Crippen molar-refractivity contribution in [3.63, 3.8) is 0 Å². The summed E-state index contributed by atoms with van der Waals surface area (Å²) in [5, 5.41) is 3.51. The third-order valence-electron chi connectivity index (χ3n) is 4.44. The first-order valence-electron chi connectivity index (χ1n) is 8.45. The molecule has 1 unspecified atom stereocenters. The first-order valence-corrected chi connectivity index (χ1v) is 8.45. The van der Waals surface area contributed by atoms with Crippen LogP contribution in [0, 0.1) is 5.92 Å². The van der Waals surface area contributed by atoms with Crippen LogP contribution in [0.1, 0.15) is 11.1 Å². The molecular formula is C20H25NO4. The predicted molar refractivity (Wildman–Crippen MR) is 96.9 cm³/mol. The molecule has 0 saturated carbocycles. The Morgan fingerprint density at radius 3 is 2.44 bits per heavy atom. The van der Waals surface area contributed by atoms with Gasteiger partial charge in [0.15, 0.2) is 11.5 Å². The second kappa shape index (κ2) is 8.12. The molecule has 0 radical (unpaired) electrons. The van der Waals surface area contributed by atoms with E-state index in [0.29, 0.717) is 23.2 Å². The number of ether oxygens (including phenoxy) is 4. The van der Waals surface area contributed by atoms with Crippen molar-refractivity contribution >= 4 is 0 Å². The average molecular weight is 343 g/mol. The summed E-state index contributed by atoms with van der Waals surface area (Å²) in [4.78, 5) is 0. The topological polar surface area (TPSA) is 49.0 Å². The van der Waals surface area contributed by atoms with Gasteiger partial charge in [-0.25, -0.2) is 0 Å². The van der Waals surface area contributed by atoms with Gasteiger partial charge in [0.2, 0.25) is 5.75 Å². The summed E-state index contributed by atoms with van der Waals surface area (Å²) in [7, 11) is 4.87. The Hall–Kier alpha value is -2.40. The van der Waals surface area contributed by atoms with Gasteiger partial charge >= 0.3 is 0 Å². The molecule has 3 rings (SSSR count). The van der Waals surface area contributed by atoms with E-state index in [-0.39, 0.29) is 0 Å². The van der Waals surface area contributed by atoms with Crippen LogP contribution in [-0.4, -0.2) is 34.5 Å². The molecule has 0 bridgehead atoms. The lowest BCUT2D eigenvalue weighted by Crippen LogP contribution is -2.31. The van der Waals surface area contributed by atoms with E-state index >= 15 is 0 Å². The molecule has 2 aromatic carbocycles. The summed E-state index contributed by atoms with van der Waals surface area (Å²) in [6.45, 7) is 2.37. The van der Waals surface area contributed by atoms with E-state index in [1.807, 2.05) is 24.3 Å². The number of nitrogens with one attached hydrogen (secondary N) is 1. The molecule has 5 heteroatoms. The van der Waals surface area contributed by atoms with Gasteiger partial charge in [0.25, 0.3) is 0 Å². The number of para-hydroxylation sites is 1. The number of fused-ring (bicyclic) bond motifs is 1. The fourth-order valence-corrected chi connectivity index (χ4v) is 3.18. The lowest BCUT2D eigenvalue weighted by atomic mass is 9.97. The Morgan fingerprint density at radius 2 is 1.76 bits per heavy atom. The second-order valence-corrected chi connectivity index (χ2v) is 6.15. The van der Waals surface area contributed by atoms with Gasteiger partial charge in [-0.2, -0.15) is 0 Å². The molecule has 0 saturated heterocycles. The highest BCUT2D eigenvalue weighted by molar-refractivity contribution is 5.53. The minimum atomic E-state index is 0.469. The van der Waals surface area contributed by atoms with Crippen molar-refractivity contribution in [3.05, 3.63) is 47.5 Å². The Balaban J connectivity index is 1.59. The standard InChI is InChI=1S/C20H25NO4/c1-22-18-9-14(10-19(23-2)20(18)24-3)11-21-12-15-8-16-6-4-5-7-17(16)25-13-15/h4-7,9-10,15,21H,8,11-13H2,1-3H3. The van der Waals surface area contributed by atoms with Gasteiger partial charge in [0, 0.05) is 19.0 Å². The van der Waals surface area contributed by atoms with Gasteiger partial charge in [-0.1, -0.05) is 18.2 Å². The summed E-state index contributed by atoms with van der Waals surface area (Å²) in [5.74, 6) is 3.45. The van der Waals surface area contributed by atoms with Crippen LogP contribution in [-0.2, 0) is 13.0 Å². The van der Waals surface area contributed by atoms with Crippen LogP contribution in [0.3, 0.4) is 0 Å². The number of hydrogen-bond acceptors (Lipinski definition) is 5. The number of benzene rings is 2. The Bertz CT molecular complexity index is 692. The molecule has 5 nitrogen and oxygen atoms in total. The summed E-state index contributed by atoms with van der Waals surface area (Å²) in [5.41, 5.74) is 2.37. The zero-order valence-electron chi connectivity index (χ0n) is 15.0. The Morgan fingerprint density at radius 1 is 1.04 bits per heavy atom. The quantitative estimate of drug-likeness (QED) is 0.837. The van der Waals surface area contributed by atoms with Crippen LogP contribution in [0.15, 0.2) is 36.4 Å². The Labute approximate surface area is 148 Å². The lowest BCUT2D eigenvalue weighted by Gasteiger charge is -2.25. The first kappa shape index (κ1) is 17.4. The maximum atomic E-state index is 5.85. The lowest BCUT2D eigenvalue weighted by molar-refractivity contribution is 0.218. The smallest absolute Gasteiger partial charge is 0.203 e. The van der Waals surface area contributed by atoms with Crippen LogP contribution >= 0.6 is 0 Å². The first-order chi connectivity index (χ1) is 12.2. The number of methoxy groups -OCH3 is 3. The van der Waals surface area contributed by atoms with Crippen LogP contribution in [0.25, 0.3) is 0 Å². The molecule has 2 aromatic rings. The van der Waals surface area contributed by atoms with Crippen molar-refractivity contribution in [1.82, 2.24) is 5.32 Å². The molecule has 134 valence electrons. The fraction of sp³-hybridized carbons (Fsp3) is 0.400. The molecule has 0 spiro atoms. The highest BCUT2D eigenvalue weighted by atomic mass is 16.5.